The molecule has 11 nitrogen and oxygen atoms in total. The van der Waals surface area contributed by atoms with Crippen molar-refractivity contribution in [2.45, 2.75) is 32.4 Å². The Bertz CT molecular complexity index is 1540. The molecule has 0 spiro atoms. The van der Waals surface area contributed by atoms with Crippen LogP contribution in [-0.2, 0) is 11.3 Å². The molecule has 0 radical (unpaired) electrons. The Balaban J connectivity index is 1.35. The monoisotopic (exact) mass is 533 g/mol. The fourth-order valence-electron chi connectivity index (χ4n) is 4.54. The van der Waals surface area contributed by atoms with Crippen molar-refractivity contribution in [2.75, 3.05) is 25.5 Å². The number of nitrogens with two attached hydrogens (primary N) is 1. The second-order valence-electron chi connectivity index (χ2n) is 9.32. The molecule has 1 aliphatic rings. The van der Waals surface area contributed by atoms with Gasteiger partial charge in [0.1, 0.15) is 30.6 Å². The second kappa shape index (κ2) is 10.9. The van der Waals surface area contributed by atoms with Crippen molar-refractivity contribution in [1.29, 1.82) is 0 Å². The summed E-state index contributed by atoms with van der Waals surface area (Å²) < 4.78 is 28.0. The van der Waals surface area contributed by atoms with Gasteiger partial charge in [-0.25, -0.2) is 14.4 Å². The van der Waals surface area contributed by atoms with Gasteiger partial charge in [0.2, 0.25) is 5.91 Å². The van der Waals surface area contributed by atoms with E-state index in [9.17, 15) is 14.0 Å². The number of aryl methyl sites for hydroxylation is 1. The van der Waals surface area contributed by atoms with E-state index in [4.69, 9.17) is 15.2 Å². The number of aromatic nitrogens is 4. The van der Waals surface area contributed by atoms with Crippen molar-refractivity contribution in [3.05, 3.63) is 66.0 Å². The highest BCUT2D eigenvalue weighted by Crippen LogP contribution is 2.36. The lowest BCUT2D eigenvalue weighted by Gasteiger charge is -2.33. The molecule has 202 valence electrons. The average molecular weight is 534 g/mol. The van der Waals surface area contributed by atoms with E-state index < -0.39 is 5.91 Å². The largest absolute Gasteiger partial charge is 0.493 e. The number of anilines is 2. The molecule has 3 N–H and O–H groups in total. The van der Waals surface area contributed by atoms with Crippen molar-refractivity contribution < 1.29 is 23.5 Å². The van der Waals surface area contributed by atoms with Gasteiger partial charge >= 0.3 is 0 Å². The van der Waals surface area contributed by atoms with E-state index in [1.807, 2.05) is 0 Å². The maximum atomic E-state index is 14.7. The number of primary amides is 1. The summed E-state index contributed by atoms with van der Waals surface area (Å²) in [7, 11) is 1.54. The Hall–Kier alpha value is -4.74. The Morgan fingerprint density at radius 1 is 1.23 bits per heavy atom. The maximum Gasteiger partial charge on any atom is 0.251 e. The zero-order chi connectivity index (χ0) is 27.5. The SMILES string of the molecule is COc1cc2ncnc(Nc3cccc(C)c3F)c2cc1O[C@@H]1CCCN(C(=O)Cn2cc(C(N)=O)cn2)C1. The first-order chi connectivity index (χ1) is 18.8. The first-order valence-electron chi connectivity index (χ1n) is 12.4. The van der Waals surface area contributed by atoms with Crippen LogP contribution in [0, 0.1) is 12.7 Å². The molecular weight excluding hydrogens is 505 g/mol. The lowest BCUT2D eigenvalue weighted by molar-refractivity contribution is -0.134. The van der Waals surface area contributed by atoms with E-state index >= 15 is 0 Å². The van der Waals surface area contributed by atoms with Crippen LogP contribution >= 0.6 is 0 Å². The van der Waals surface area contributed by atoms with E-state index in [1.54, 1.807) is 42.2 Å². The first-order valence-corrected chi connectivity index (χ1v) is 12.4. The zero-order valence-electron chi connectivity index (χ0n) is 21.6. The molecule has 1 aliphatic heterocycles. The van der Waals surface area contributed by atoms with Crippen LogP contribution in [-0.4, -0.2) is 62.8 Å². The van der Waals surface area contributed by atoms with Crippen LogP contribution < -0.4 is 20.5 Å². The molecule has 12 heteroatoms. The van der Waals surface area contributed by atoms with Gasteiger partial charge in [0, 0.05) is 24.2 Å². The number of piperidine rings is 1. The maximum absolute atomic E-state index is 14.7. The van der Waals surface area contributed by atoms with Crippen LogP contribution in [0.4, 0.5) is 15.9 Å². The number of likely N-dealkylation sites (tertiary alicyclic amines) is 1. The number of methoxy groups -OCH3 is 1. The van der Waals surface area contributed by atoms with Crippen LogP contribution in [0.15, 0.2) is 49.1 Å². The number of nitrogens with one attached hydrogen (secondary N) is 1. The minimum atomic E-state index is -0.600. The number of amides is 2. The highest BCUT2D eigenvalue weighted by Gasteiger charge is 2.26. The van der Waals surface area contributed by atoms with Gasteiger partial charge in [0.15, 0.2) is 11.5 Å². The van der Waals surface area contributed by atoms with E-state index in [0.29, 0.717) is 52.6 Å². The molecule has 2 aromatic heterocycles. The first kappa shape index (κ1) is 25.9. The molecule has 1 atom stereocenters. The van der Waals surface area contributed by atoms with E-state index in [-0.39, 0.29) is 29.9 Å². The van der Waals surface area contributed by atoms with Crippen LogP contribution in [0.25, 0.3) is 10.9 Å². The number of fused-ring (bicyclic) bond motifs is 1. The number of ether oxygens (including phenoxy) is 2. The topological polar surface area (TPSA) is 137 Å². The number of hydrogen-bond donors (Lipinski definition) is 2. The molecule has 0 unspecified atom stereocenters. The lowest BCUT2D eigenvalue weighted by atomic mass is 10.1. The predicted molar refractivity (Wildman–Crippen MR) is 141 cm³/mol. The van der Waals surface area contributed by atoms with Crippen molar-refractivity contribution in [1.82, 2.24) is 24.6 Å². The molecule has 0 bridgehead atoms. The molecule has 2 amide bonds. The summed E-state index contributed by atoms with van der Waals surface area (Å²) >= 11 is 0. The third kappa shape index (κ3) is 5.59. The predicted octanol–water partition coefficient (Wildman–Crippen LogP) is 3.19. The Kier molecular flexibility index (Phi) is 7.26. The highest BCUT2D eigenvalue weighted by atomic mass is 19.1. The third-order valence-electron chi connectivity index (χ3n) is 6.61. The van der Waals surface area contributed by atoms with Crippen molar-refractivity contribution in [3.63, 3.8) is 0 Å². The Labute approximate surface area is 223 Å². The molecule has 0 saturated carbocycles. The van der Waals surface area contributed by atoms with Crippen molar-refractivity contribution in [3.8, 4) is 11.5 Å². The number of carbonyl (C=O) groups excluding carboxylic acids is 2. The normalized spacial score (nSPS) is 15.3. The summed E-state index contributed by atoms with van der Waals surface area (Å²) in [6, 6.07) is 8.61. The number of rotatable bonds is 8. The van der Waals surface area contributed by atoms with Gasteiger partial charge in [-0.2, -0.15) is 5.10 Å². The number of hydrogen-bond acceptors (Lipinski definition) is 8. The van der Waals surface area contributed by atoms with Crippen LogP contribution in [0.2, 0.25) is 0 Å². The van der Waals surface area contributed by atoms with Gasteiger partial charge in [-0.15, -0.1) is 0 Å². The highest BCUT2D eigenvalue weighted by molar-refractivity contribution is 5.93. The number of carbonyl (C=O) groups is 2. The summed E-state index contributed by atoms with van der Waals surface area (Å²) in [5.74, 6) is 0.261. The number of nitrogens with zero attached hydrogens (tertiary/aromatic N) is 5. The van der Waals surface area contributed by atoms with E-state index in [1.165, 1.54) is 30.5 Å². The van der Waals surface area contributed by atoms with Crippen LogP contribution in [0.1, 0.15) is 28.8 Å². The molecule has 1 fully saturated rings. The van der Waals surface area contributed by atoms with Crippen molar-refractivity contribution >= 4 is 34.2 Å². The van der Waals surface area contributed by atoms with E-state index in [2.05, 4.69) is 20.4 Å². The minimum Gasteiger partial charge on any atom is -0.493 e. The lowest BCUT2D eigenvalue weighted by Crippen LogP contribution is -2.45. The summed E-state index contributed by atoms with van der Waals surface area (Å²) in [6.45, 7) is 2.64. The smallest absolute Gasteiger partial charge is 0.251 e. The quantitative estimate of drug-likeness (QED) is 0.352. The molecule has 2 aromatic carbocycles. The summed E-state index contributed by atoms with van der Waals surface area (Å²) in [5, 5.41) is 7.73. The van der Waals surface area contributed by atoms with Gasteiger partial charge in [-0.1, -0.05) is 12.1 Å². The molecule has 1 saturated heterocycles. The van der Waals surface area contributed by atoms with Gasteiger partial charge in [-0.3, -0.25) is 14.3 Å². The average Bonchev–Trinajstić information content (AvgIpc) is 3.40. The van der Waals surface area contributed by atoms with Crippen LogP contribution in [0.5, 0.6) is 11.5 Å². The van der Waals surface area contributed by atoms with Crippen LogP contribution in [0.3, 0.4) is 0 Å². The second-order valence-corrected chi connectivity index (χ2v) is 9.32. The third-order valence-corrected chi connectivity index (χ3v) is 6.61. The zero-order valence-corrected chi connectivity index (χ0v) is 21.6. The summed E-state index contributed by atoms with van der Waals surface area (Å²) in [5.41, 5.74) is 6.93. The van der Waals surface area contributed by atoms with Crippen molar-refractivity contribution in [2.24, 2.45) is 5.73 Å². The Morgan fingerprint density at radius 2 is 2.08 bits per heavy atom. The Morgan fingerprint density at radius 3 is 2.85 bits per heavy atom. The molecule has 5 rings (SSSR count). The summed E-state index contributed by atoms with van der Waals surface area (Å²) in [4.78, 5) is 34.6. The minimum absolute atomic E-state index is 0.0127. The molecule has 4 aromatic rings. The van der Waals surface area contributed by atoms with E-state index in [0.717, 1.165) is 12.8 Å². The van der Waals surface area contributed by atoms with Gasteiger partial charge in [0.25, 0.3) is 5.91 Å². The van der Waals surface area contributed by atoms with Gasteiger partial charge in [0.05, 0.1) is 36.6 Å². The molecule has 39 heavy (non-hydrogen) atoms. The standard InChI is InChI=1S/C27H28FN7O4/c1-16-5-3-7-20(25(16)28)33-27-19-9-23(22(38-2)10-21(19)30-15-31-27)39-18-6-4-8-34(13-18)24(36)14-35-12-17(11-32-35)26(29)37/h3,5,7,9-12,15,18H,4,6,8,13-14H2,1-2H3,(H2,29,37)(H,30,31,33)/t18-/m1/s1. The molecular formula is C27H28FN7O4. The fourth-order valence-corrected chi connectivity index (χ4v) is 4.54. The molecule has 3 heterocycles. The summed E-state index contributed by atoms with van der Waals surface area (Å²) in [6.07, 6.45) is 5.39. The fraction of sp³-hybridized carbons (Fsp3) is 0.296. The number of benzene rings is 2. The number of halogens is 1. The van der Waals surface area contributed by atoms with Gasteiger partial charge < -0.3 is 25.4 Å². The molecule has 0 aliphatic carbocycles. The van der Waals surface area contributed by atoms with Gasteiger partial charge in [-0.05, 0) is 37.5 Å².